The third-order valence-electron chi connectivity index (χ3n) is 2.59. The Morgan fingerprint density at radius 2 is 2.00 bits per heavy atom. The summed E-state index contributed by atoms with van der Waals surface area (Å²) in [6.07, 6.45) is 2.15. The molecule has 0 heterocycles. The van der Waals surface area contributed by atoms with Crippen LogP contribution in [0.1, 0.15) is 33.1 Å². The van der Waals surface area contributed by atoms with Gasteiger partial charge in [0, 0.05) is 33.7 Å². The Morgan fingerprint density at radius 1 is 1.33 bits per heavy atom. The molecule has 0 bridgehead atoms. The number of amides is 2. The monoisotopic (exact) mass is 258 g/mol. The average molecular weight is 258 g/mol. The zero-order valence-corrected chi connectivity index (χ0v) is 12.0. The molecule has 18 heavy (non-hydrogen) atoms. The standard InChI is InChI=1S/C13H26N2O3/c1-11(2)6-7-13(17)15(3)10-12(16)14-8-5-9-18-4/h11H,5-10H2,1-4H3,(H,14,16). The number of ether oxygens (including phenoxy) is 1. The fourth-order valence-corrected chi connectivity index (χ4v) is 1.41. The Hall–Kier alpha value is -1.10. The molecular formula is C13H26N2O3. The Morgan fingerprint density at radius 3 is 2.56 bits per heavy atom. The van der Waals surface area contributed by atoms with E-state index in [9.17, 15) is 9.59 Å². The Balaban J connectivity index is 3.74. The third kappa shape index (κ3) is 8.98. The van der Waals surface area contributed by atoms with Crippen molar-refractivity contribution in [3.05, 3.63) is 0 Å². The summed E-state index contributed by atoms with van der Waals surface area (Å²) in [5.41, 5.74) is 0. The van der Waals surface area contributed by atoms with E-state index in [2.05, 4.69) is 19.2 Å². The highest BCUT2D eigenvalue weighted by Crippen LogP contribution is 2.05. The van der Waals surface area contributed by atoms with E-state index in [-0.39, 0.29) is 18.4 Å². The maximum atomic E-state index is 11.7. The topological polar surface area (TPSA) is 58.6 Å². The van der Waals surface area contributed by atoms with Gasteiger partial charge < -0.3 is 15.0 Å². The molecule has 0 fully saturated rings. The Bertz CT molecular complexity index is 255. The van der Waals surface area contributed by atoms with Crippen molar-refractivity contribution in [2.75, 3.05) is 33.9 Å². The summed E-state index contributed by atoms with van der Waals surface area (Å²) < 4.78 is 4.88. The minimum atomic E-state index is -0.119. The molecule has 0 aromatic heterocycles. The summed E-state index contributed by atoms with van der Waals surface area (Å²) in [4.78, 5) is 24.7. The molecule has 0 rings (SSSR count). The Kier molecular flexibility index (Phi) is 9.28. The van der Waals surface area contributed by atoms with Crippen molar-refractivity contribution in [2.24, 2.45) is 5.92 Å². The second-order valence-corrected chi connectivity index (χ2v) is 4.88. The van der Waals surface area contributed by atoms with Gasteiger partial charge in [0.25, 0.3) is 0 Å². The van der Waals surface area contributed by atoms with Crippen molar-refractivity contribution in [2.45, 2.75) is 33.1 Å². The number of likely N-dealkylation sites (N-methyl/N-ethyl adjacent to an activating group) is 1. The first-order valence-electron chi connectivity index (χ1n) is 6.47. The second kappa shape index (κ2) is 9.88. The van der Waals surface area contributed by atoms with Crippen LogP contribution in [0.4, 0.5) is 0 Å². The van der Waals surface area contributed by atoms with Crippen molar-refractivity contribution in [3.8, 4) is 0 Å². The number of carbonyl (C=O) groups is 2. The van der Waals surface area contributed by atoms with E-state index < -0.39 is 0 Å². The lowest BCUT2D eigenvalue weighted by Crippen LogP contribution is -2.38. The van der Waals surface area contributed by atoms with Crippen molar-refractivity contribution in [1.82, 2.24) is 10.2 Å². The molecule has 0 saturated carbocycles. The molecular weight excluding hydrogens is 232 g/mol. The minimum Gasteiger partial charge on any atom is -0.385 e. The molecule has 0 aliphatic heterocycles. The third-order valence-corrected chi connectivity index (χ3v) is 2.59. The van der Waals surface area contributed by atoms with Gasteiger partial charge in [-0.2, -0.15) is 0 Å². The van der Waals surface area contributed by atoms with Crippen molar-refractivity contribution >= 4 is 11.8 Å². The highest BCUT2D eigenvalue weighted by Gasteiger charge is 2.12. The van der Waals surface area contributed by atoms with Crippen LogP contribution in [0.25, 0.3) is 0 Å². The van der Waals surface area contributed by atoms with Crippen molar-refractivity contribution < 1.29 is 14.3 Å². The maximum Gasteiger partial charge on any atom is 0.239 e. The van der Waals surface area contributed by atoms with Gasteiger partial charge in [0.05, 0.1) is 6.54 Å². The fourth-order valence-electron chi connectivity index (χ4n) is 1.41. The second-order valence-electron chi connectivity index (χ2n) is 4.88. The number of methoxy groups -OCH3 is 1. The smallest absolute Gasteiger partial charge is 0.239 e. The minimum absolute atomic E-state index is 0.0238. The predicted molar refractivity (Wildman–Crippen MR) is 71.2 cm³/mol. The predicted octanol–water partition coefficient (Wildman–Crippen LogP) is 1.03. The van der Waals surface area contributed by atoms with Crippen molar-refractivity contribution in [1.29, 1.82) is 0 Å². The van der Waals surface area contributed by atoms with Crippen LogP contribution in [0, 0.1) is 5.92 Å². The first-order chi connectivity index (χ1) is 8.47. The maximum absolute atomic E-state index is 11.7. The van der Waals surface area contributed by atoms with Crippen LogP contribution >= 0.6 is 0 Å². The van der Waals surface area contributed by atoms with Crippen LogP contribution in [0.2, 0.25) is 0 Å². The molecule has 0 radical (unpaired) electrons. The summed E-state index contributed by atoms with van der Waals surface area (Å²) in [5.74, 6) is 0.410. The van der Waals surface area contributed by atoms with Crippen LogP contribution in [0.3, 0.4) is 0 Å². The van der Waals surface area contributed by atoms with Gasteiger partial charge >= 0.3 is 0 Å². The molecule has 0 aliphatic rings. The zero-order chi connectivity index (χ0) is 14.0. The normalized spacial score (nSPS) is 10.5. The summed E-state index contributed by atoms with van der Waals surface area (Å²) in [5, 5.41) is 2.76. The largest absolute Gasteiger partial charge is 0.385 e. The van der Waals surface area contributed by atoms with Crippen LogP contribution in [-0.2, 0) is 14.3 Å². The molecule has 106 valence electrons. The van der Waals surface area contributed by atoms with E-state index in [1.165, 1.54) is 4.90 Å². The van der Waals surface area contributed by atoms with Gasteiger partial charge in [-0.25, -0.2) is 0 Å². The molecule has 2 amide bonds. The van der Waals surface area contributed by atoms with Gasteiger partial charge in [-0.15, -0.1) is 0 Å². The number of hydrogen-bond donors (Lipinski definition) is 1. The van der Waals surface area contributed by atoms with E-state index in [1.807, 2.05) is 0 Å². The molecule has 0 atom stereocenters. The molecule has 5 heteroatoms. The van der Waals surface area contributed by atoms with E-state index in [0.29, 0.717) is 25.5 Å². The van der Waals surface area contributed by atoms with Gasteiger partial charge in [0.15, 0.2) is 0 Å². The van der Waals surface area contributed by atoms with Gasteiger partial charge in [0.1, 0.15) is 0 Å². The van der Waals surface area contributed by atoms with Crippen LogP contribution in [0.5, 0.6) is 0 Å². The number of hydrogen-bond acceptors (Lipinski definition) is 3. The van der Waals surface area contributed by atoms with E-state index in [0.717, 1.165) is 12.8 Å². The van der Waals surface area contributed by atoms with Crippen LogP contribution in [0.15, 0.2) is 0 Å². The van der Waals surface area contributed by atoms with Crippen LogP contribution in [-0.4, -0.2) is 50.6 Å². The SMILES string of the molecule is COCCCNC(=O)CN(C)C(=O)CCC(C)C. The molecule has 0 unspecified atom stereocenters. The van der Waals surface area contributed by atoms with E-state index in [1.54, 1.807) is 14.2 Å². The number of rotatable bonds is 9. The fraction of sp³-hybridized carbons (Fsp3) is 0.846. The number of nitrogens with one attached hydrogen (secondary N) is 1. The highest BCUT2D eigenvalue weighted by atomic mass is 16.5. The summed E-state index contributed by atoms with van der Waals surface area (Å²) in [7, 11) is 3.29. The van der Waals surface area contributed by atoms with Gasteiger partial charge in [-0.05, 0) is 18.8 Å². The molecule has 0 saturated heterocycles. The first-order valence-corrected chi connectivity index (χ1v) is 6.47. The van der Waals surface area contributed by atoms with E-state index in [4.69, 9.17) is 4.74 Å². The van der Waals surface area contributed by atoms with Gasteiger partial charge in [-0.3, -0.25) is 9.59 Å². The lowest BCUT2D eigenvalue weighted by molar-refractivity contribution is -0.134. The number of nitrogens with zero attached hydrogens (tertiary/aromatic N) is 1. The zero-order valence-electron chi connectivity index (χ0n) is 12.0. The quantitative estimate of drug-likeness (QED) is 0.629. The Labute approximate surface area is 110 Å². The summed E-state index contributed by atoms with van der Waals surface area (Å²) in [6.45, 7) is 5.50. The molecule has 0 aliphatic carbocycles. The van der Waals surface area contributed by atoms with Gasteiger partial charge in [0.2, 0.25) is 11.8 Å². The average Bonchev–Trinajstić information content (AvgIpc) is 2.31. The van der Waals surface area contributed by atoms with E-state index >= 15 is 0 Å². The lowest BCUT2D eigenvalue weighted by atomic mass is 10.1. The summed E-state index contributed by atoms with van der Waals surface area (Å²) >= 11 is 0. The highest BCUT2D eigenvalue weighted by molar-refractivity contribution is 5.84. The molecule has 0 aromatic rings. The van der Waals surface area contributed by atoms with Gasteiger partial charge in [-0.1, -0.05) is 13.8 Å². The summed E-state index contributed by atoms with van der Waals surface area (Å²) in [6, 6.07) is 0. The molecule has 1 N–H and O–H groups in total. The van der Waals surface area contributed by atoms with Crippen LogP contribution < -0.4 is 5.32 Å². The number of carbonyl (C=O) groups excluding carboxylic acids is 2. The molecule has 5 nitrogen and oxygen atoms in total. The molecule has 0 aromatic carbocycles. The first kappa shape index (κ1) is 16.9. The lowest BCUT2D eigenvalue weighted by Gasteiger charge is -2.17. The molecule has 0 spiro atoms. The van der Waals surface area contributed by atoms with Crippen molar-refractivity contribution in [3.63, 3.8) is 0 Å².